The van der Waals surface area contributed by atoms with Gasteiger partial charge in [-0.25, -0.2) is 9.78 Å². The minimum atomic E-state index is -0.462. The minimum absolute atomic E-state index is 0.186. The Labute approximate surface area is 124 Å². The van der Waals surface area contributed by atoms with E-state index in [1.54, 1.807) is 6.92 Å². The van der Waals surface area contributed by atoms with Gasteiger partial charge in [-0.05, 0) is 13.3 Å². The Hall–Kier alpha value is -2.25. The molecule has 0 fully saturated rings. The molecule has 0 aliphatic carbocycles. The van der Waals surface area contributed by atoms with Crippen LogP contribution in [0.2, 0.25) is 0 Å². The second-order valence-corrected chi connectivity index (χ2v) is 4.22. The Balaban J connectivity index is 2.44. The van der Waals surface area contributed by atoms with Gasteiger partial charge in [-0.15, -0.1) is 0 Å². The molecule has 1 heterocycles. The van der Waals surface area contributed by atoms with E-state index in [0.29, 0.717) is 24.7 Å². The van der Waals surface area contributed by atoms with E-state index in [1.165, 1.54) is 6.20 Å². The number of hydrogen-bond acceptors (Lipinski definition) is 7. The van der Waals surface area contributed by atoms with E-state index < -0.39 is 6.09 Å². The van der Waals surface area contributed by atoms with Gasteiger partial charge in [0.15, 0.2) is 11.6 Å². The van der Waals surface area contributed by atoms with Crippen molar-refractivity contribution >= 4 is 17.9 Å². The molecule has 0 atom stereocenters. The minimum Gasteiger partial charge on any atom is -0.486 e. The third kappa shape index (κ3) is 6.64. The molecule has 21 heavy (non-hydrogen) atoms. The fraction of sp³-hybridized carbons (Fsp3) is 0.615. The zero-order valence-corrected chi connectivity index (χ0v) is 12.5. The Morgan fingerprint density at radius 2 is 2.19 bits per heavy atom. The molecule has 0 saturated heterocycles. The van der Waals surface area contributed by atoms with Gasteiger partial charge in [0.25, 0.3) is 0 Å². The molecule has 1 rings (SSSR count). The van der Waals surface area contributed by atoms with Crippen LogP contribution in [0.3, 0.4) is 0 Å². The molecule has 0 saturated carbocycles. The third-order valence-corrected chi connectivity index (χ3v) is 2.50. The van der Waals surface area contributed by atoms with Crippen molar-refractivity contribution in [3.05, 3.63) is 6.20 Å². The lowest BCUT2D eigenvalue weighted by molar-refractivity contribution is 0.150. The van der Waals surface area contributed by atoms with Crippen LogP contribution in [0.25, 0.3) is 0 Å². The van der Waals surface area contributed by atoms with E-state index in [9.17, 15) is 4.79 Å². The predicted molar refractivity (Wildman–Crippen MR) is 80.4 cm³/mol. The molecule has 1 aromatic heterocycles. The number of nitrogens with one attached hydrogen (secondary N) is 2. The van der Waals surface area contributed by atoms with Crippen molar-refractivity contribution in [2.24, 2.45) is 0 Å². The number of rotatable bonds is 9. The molecule has 0 aliphatic heterocycles. The zero-order valence-electron chi connectivity index (χ0n) is 12.5. The summed E-state index contributed by atoms with van der Waals surface area (Å²) in [4.78, 5) is 19.1. The number of carbonyl (C=O) groups is 1. The lowest BCUT2D eigenvalue weighted by Crippen LogP contribution is -2.28. The van der Waals surface area contributed by atoms with Gasteiger partial charge in [0.05, 0.1) is 19.3 Å². The summed E-state index contributed by atoms with van der Waals surface area (Å²) in [7, 11) is 0. The number of anilines is 2. The smallest absolute Gasteiger partial charge is 0.407 e. The van der Waals surface area contributed by atoms with Crippen molar-refractivity contribution in [3.63, 3.8) is 0 Å². The van der Waals surface area contributed by atoms with Crippen LogP contribution >= 0.6 is 0 Å². The van der Waals surface area contributed by atoms with Gasteiger partial charge in [0, 0.05) is 6.54 Å². The molecule has 4 N–H and O–H groups in total. The fourth-order valence-electron chi connectivity index (χ4n) is 1.50. The quantitative estimate of drug-likeness (QED) is 0.590. The second-order valence-electron chi connectivity index (χ2n) is 4.22. The normalized spacial score (nSPS) is 10.0. The zero-order chi connectivity index (χ0) is 15.5. The van der Waals surface area contributed by atoms with E-state index in [4.69, 9.17) is 15.2 Å². The van der Waals surface area contributed by atoms with Crippen LogP contribution in [0.1, 0.15) is 26.7 Å². The highest BCUT2D eigenvalue weighted by atomic mass is 16.5. The van der Waals surface area contributed by atoms with Crippen molar-refractivity contribution in [1.29, 1.82) is 0 Å². The first-order valence-electron chi connectivity index (χ1n) is 7.07. The average molecular weight is 297 g/mol. The van der Waals surface area contributed by atoms with Crippen molar-refractivity contribution < 1.29 is 14.3 Å². The van der Waals surface area contributed by atoms with Crippen LogP contribution in [-0.2, 0) is 4.74 Å². The lowest BCUT2D eigenvalue weighted by Gasteiger charge is -2.12. The average Bonchev–Trinajstić information content (AvgIpc) is 2.46. The first-order chi connectivity index (χ1) is 10.2. The first-order valence-corrected chi connectivity index (χ1v) is 7.07. The number of nitrogens with zero attached hydrogens (tertiary/aromatic N) is 2. The second kappa shape index (κ2) is 9.62. The molecule has 0 aliphatic rings. The number of nitrogen functional groups attached to an aromatic ring is 1. The predicted octanol–water partition coefficient (Wildman–Crippen LogP) is 1.40. The first kappa shape index (κ1) is 16.8. The maximum atomic E-state index is 11.1. The van der Waals surface area contributed by atoms with Gasteiger partial charge >= 0.3 is 6.09 Å². The van der Waals surface area contributed by atoms with Crippen LogP contribution in [0.4, 0.5) is 16.6 Å². The van der Waals surface area contributed by atoms with E-state index in [-0.39, 0.29) is 12.6 Å². The van der Waals surface area contributed by atoms with Gasteiger partial charge < -0.3 is 25.8 Å². The molecule has 8 nitrogen and oxygen atoms in total. The van der Waals surface area contributed by atoms with Crippen molar-refractivity contribution in [3.8, 4) is 5.75 Å². The molecule has 0 radical (unpaired) electrons. The topological polar surface area (TPSA) is 111 Å². The molecule has 0 unspecified atom stereocenters. The maximum Gasteiger partial charge on any atom is 0.407 e. The Morgan fingerprint density at radius 3 is 2.90 bits per heavy atom. The molecule has 0 bridgehead atoms. The Morgan fingerprint density at radius 1 is 1.38 bits per heavy atom. The summed E-state index contributed by atoms with van der Waals surface area (Å²) in [5.74, 6) is 1.25. The summed E-state index contributed by atoms with van der Waals surface area (Å²) >= 11 is 0. The highest BCUT2D eigenvalue weighted by Crippen LogP contribution is 2.21. The van der Waals surface area contributed by atoms with E-state index in [2.05, 4.69) is 27.5 Å². The Kier molecular flexibility index (Phi) is 7.70. The van der Waals surface area contributed by atoms with Gasteiger partial charge in [-0.1, -0.05) is 13.3 Å². The molecular formula is C13H23N5O3. The molecule has 118 valence electrons. The van der Waals surface area contributed by atoms with Gasteiger partial charge in [0.1, 0.15) is 6.61 Å². The summed E-state index contributed by atoms with van der Waals surface area (Å²) in [6.07, 6.45) is 3.15. The van der Waals surface area contributed by atoms with Crippen LogP contribution in [0.15, 0.2) is 6.20 Å². The molecular weight excluding hydrogens is 274 g/mol. The van der Waals surface area contributed by atoms with Gasteiger partial charge in [-0.2, -0.15) is 4.98 Å². The highest BCUT2D eigenvalue weighted by Gasteiger charge is 2.07. The lowest BCUT2D eigenvalue weighted by atomic mass is 10.3. The molecule has 0 spiro atoms. The molecule has 1 aromatic rings. The van der Waals surface area contributed by atoms with E-state index in [1.807, 2.05) is 0 Å². The van der Waals surface area contributed by atoms with Gasteiger partial charge in [-0.3, -0.25) is 0 Å². The number of carbonyl (C=O) groups excluding carboxylic acids is 1. The van der Waals surface area contributed by atoms with E-state index >= 15 is 0 Å². The molecule has 0 aromatic carbocycles. The number of alkyl carbamates (subject to hydrolysis) is 1. The standard InChI is InChI=1S/C13H23N5O3/c1-3-5-6-15-11-10(9-17-12(14)18-11)21-8-7-16-13(19)20-4-2/h9H,3-8H2,1-2H3,(H,16,19)(H3,14,15,17,18). The molecule has 8 heteroatoms. The Bertz CT molecular complexity index is 442. The summed E-state index contributed by atoms with van der Waals surface area (Å²) in [6, 6.07) is 0. The number of unbranched alkanes of at least 4 members (excludes halogenated alkanes) is 1. The summed E-state index contributed by atoms with van der Waals surface area (Å²) in [5, 5.41) is 5.72. The largest absolute Gasteiger partial charge is 0.486 e. The monoisotopic (exact) mass is 297 g/mol. The summed E-state index contributed by atoms with van der Waals surface area (Å²) in [5.41, 5.74) is 5.57. The van der Waals surface area contributed by atoms with Gasteiger partial charge in [0.2, 0.25) is 5.95 Å². The molecule has 1 amide bonds. The number of amides is 1. The van der Waals surface area contributed by atoms with Crippen LogP contribution in [-0.4, -0.2) is 42.4 Å². The third-order valence-electron chi connectivity index (χ3n) is 2.50. The SMILES string of the molecule is CCCCNc1nc(N)ncc1OCCNC(=O)OCC. The fourth-order valence-corrected chi connectivity index (χ4v) is 1.50. The van der Waals surface area contributed by atoms with E-state index in [0.717, 1.165) is 19.4 Å². The summed E-state index contributed by atoms with van der Waals surface area (Å²) in [6.45, 7) is 5.59. The van der Waals surface area contributed by atoms with Crippen LogP contribution < -0.4 is 21.1 Å². The van der Waals surface area contributed by atoms with Crippen molar-refractivity contribution in [2.75, 3.05) is 37.4 Å². The summed E-state index contributed by atoms with van der Waals surface area (Å²) < 4.78 is 10.3. The van der Waals surface area contributed by atoms with Crippen LogP contribution in [0, 0.1) is 0 Å². The van der Waals surface area contributed by atoms with Crippen molar-refractivity contribution in [1.82, 2.24) is 15.3 Å². The van der Waals surface area contributed by atoms with Crippen molar-refractivity contribution in [2.45, 2.75) is 26.7 Å². The number of hydrogen-bond donors (Lipinski definition) is 3. The maximum absolute atomic E-state index is 11.1. The number of ether oxygens (including phenoxy) is 2. The van der Waals surface area contributed by atoms with Crippen LogP contribution in [0.5, 0.6) is 5.75 Å². The number of nitrogens with two attached hydrogens (primary N) is 1. The number of aromatic nitrogens is 2. The highest BCUT2D eigenvalue weighted by molar-refractivity contribution is 5.66.